The Bertz CT molecular complexity index is 775. The van der Waals surface area contributed by atoms with Gasteiger partial charge in [-0.2, -0.15) is 0 Å². The summed E-state index contributed by atoms with van der Waals surface area (Å²) in [5.41, 5.74) is 10.1. The van der Waals surface area contributed by atoms with Gasteiger partial charge in [0.1, 0.15) is 11.6 Å². The van der Waals surface area contributed by atoms with E-state index in [2.05, 4.69) is 35.8 Å². The fraction of sp³-hybridized carbons (Fsp3) is 0.278. The molecule has 0 aliphatic rings. The molecule has 0 spiro atoms. The maximum absolute atomic E-state index is 5.62. The molecule has 0 aliphatic carbocycles. The zero-order valence-electron chi connectivity index (χ0n) is 13.0. The first-order valence-corrected chi connectivity index (χ1v) is 7.61. The van der Waals surface area contributed by atoms with Crippen LogP contribution in [0.4, 0.5) is 0 Å². The molecule has 0 atom stereocenters. The molecule has 2 aromatic carbocycles. The first-order valence-electron chi connectivity index (χ1n) is 7.61. The number of hydrogen-bond acceptors (Lipinski definition) is 3. The van der Waals surface area contributed by atoms with E-state index in [0.29, 0.717) is 6.54 Å². The number of rotatable bonds is 5. The van der Waals surface area contributed by atoms with Gasteiger partial charge in [0.15, 0.2) is 0 Å². The molecule has 2 N–H and O–H groups in total. The van der Waals surface area contributed by atoms with Crippen LogP contribution in [0.5, 0.6) is 5.75 Å². The summed E-state index contributed by atoms with van der Waals surface area (Å²) < 4.78 is 7.55. The molecular weight excluding hydrogens is 274 g/mol. The van der Waals surface area contributed by atoms with Crippen molar-refractivity contribution in [3.8, 4) is 11.4 Å². The molecule has 22 heavy (non-hydrogen) atoms. The lowest BCUT2D eigenvalue weighted by Gasteiger charge is -2.10. The van der Waals surface area contributed by atoms with E-state index in [1.54, 1.807) is 7.11 Å². The lowest BCUT2D eigenvalue weighted by Crippen LogP contribution is -2.04. The number of fused-ring (bicyclic) bond motifs is 1. The molecule has 0 fully saturated rings. The molecule has 1 aromatic heterocycles. The highest BCUT2D eigenvalue weighted by atomic mass is 16.5. The van der Waals surface area contributed by atoms with Crippen LogP contribution in [0.3, 0.4) is 0 Å². The van der Waals surface area contributed by atoms with Crippen LogP contribution in [0.1, 0.15) is 18.3 Å². The maximum atomic E-state index is 5.62. The predicted octanol–water partition coefficient (Wildman–Crippen LogP) is 3.10. The molecule has 0 unspecified atom stereocenters. The predicted molar refractivity (Wildman–Crippen MR) is 89.8 cm³/mol. The minimum atomic E-state index is 0.671. The largest absolute Gasteiger partial charge is 0.497 e. The lowest BCUT2D eigenvalue weighted by molar-refractivity contribution is 0.415. The van der Waals surface area contributed by atoms with Crippen molar-refractivity contribution >= 4 is 11.0 Å². The number of aromatic nitrogens is 2. The summed E-state index contributed by atoms with van der Waals surface area (Å²) in [6.45, 7) is 2.79. The minimum absolute atomic E-state index is 0.671. The minimum Gasteiger partial charge on any atom is -0.497 e. The van der Waals surface area contributed by atoms with Crippen molar-refractivity contribution in [2.24, 2.45) is 5.73 Å². The molecule has 0 saturated heterocycles. The van der Waals surface area contributed by atoms with Crippen molar-refractivity contribution < 1.29 is 4.74 Å². The van der Waals surface area contributed by atoms with Crippen molar-refractivity contribution in [2.75, 3.05) is 13.7 Å². The van der Waals surface area contributed by atoms with Gasteiger partial charge in [-0.1, -0.05) is 19.1 Å². The summed E-state index contributed by atoms with van der Waals surface area (Å²) in [4.78, 5) is 4.73. The maximum Gasteiger partial charge on any atom is 0.121 e. The van der Waals surface area contributed by atoms with Crippen LogP contribution in [0.2, 0.25) is 0 Å². The molecule has 0 amide bonds. The normalized spacial score (nSPS) is 11.0. The number of imidazole rings is 1. The quantitative estimate of drug-likeness (QED) is 0.787. The zero-order valence-corrected chi connectivity index (χ0v) is 13.0. The van der Waals surface area contributed by atoms with Gasteiger partial charge in [0.05, 0.1) is 18.1 Å². The summed E-state index contributed by atoms with van der Waals surface area (Å²) in [5, 5.41) is 0. The molecule has 1 heterocycles. The van der Waals surface area contributed by atoms with Crippen molar-refractivity contribution in [3.05, 3.63) is 53.9 Å². The third kappa shape index (κ3) is 2.57. The topological polar surface area (TPSA) is 53.1 Å². The summed E-state index contributed by atoms with van der Waals surface area (Å²) in [6, 6.07) is 14.5. The van der Waals surface area contributed by atoms with Crippen molar-refractivity contribution in [1.82, 2.24) is 9.55 Å². The monoisotopic (exact) mass is 295 g/mol. The van der Waals surface area contributed by atoms with E-state index in [-0.39, 0.29) is 0 Å². The third-order valence-corrected chi connectivity index (χ3v) is 3.87. The second kappa shape index (κ2) is 6.20. The number of methoxy groups -OCH3 is 1. The Kier molecular flexibility index (Phi) is 4.11. The van der Waals surface area contributed by atoms with Crippen LogP contribution in [-0.4, -0.2) is 23.2 Å². The Morgan fingerprint density at radius 1 is 1.14 bits per heavy atom. The molecular formula is C18H21N3O. The molecule has 3 rings (SSSR count). The standard InChI is InChI=1S/C18H21N3O/c1-3-18-20-16-9-8-15(22-2)12-17(16)21(18)14-6-4-13(5-7-14)10-11-19/h4-9,12H,3,10-11,19H2,1-2H3. The van der Waals surface area contributed by atoms with Gasteiger partial charge < -0.3 is 10.5 Å². The van der Waals surface area contributed by atoms with E-state index in [1.165, 1.54) is 5.56 Å². The molecule has 0 saturated carbocycles. The van der Waals surface area contributed by atoms with Gasteiger partial charge in [-0.3, -0.25) is 4.57 Å². The number of nitrogens with two attached hydrogens (primary N) is 1. The summed E-state index contributed by atoms with van der Waals surface area (Å²) in [7, 11) is 1.68. The average molecular weight is 295 g/mol. The fourth-order valence-corrected chi connectivity index (χ4v) is 2.74. The highest BCUT2D eigenvalue weighted by Crippen LogP contribution is 2.26. The number of nitrogens with zero attached hydrogens (tertiary/aromatic N) is 2. The zero-order chi connectivity index (χ0) is 15.5. The van der Waals surface area contributed by atoms with Gasteiger partial charge in [-0.15, -0.1) is 0 Å². The Labute approximate surface area is 130 Å². The van der Waals surface area contributed by atoms with Crippen LogP contribution in [0.15, 0.2) is 42.5 Å². The van der Waals surface area contributed by atoms with Gasteiger partial charge in [0.25, 0.3) is 0 Å². The Morgan fingerprint density at radius 2 is 1.91 bits per heavy atom. The summed E-state index contributed by atoms with van der Waals surface area (Å²) in [6.07, 6.45) is 1.78. The number of benzene rings is 2. The second-order valence-corrected chi connectivity index (χ2v) is 5.28. The van der Waals surface area contributed by atoms with Crippen LogP contribution in [0, 0.1) is 0 Å². The van der Waals surface area contributed by atoms with E-state index < -0.39 is 0 Å². The summed E-state index contributed by atoms with van der Waals surface area (Å²) >= 11 is 0. The smallest absolute Gasteiger partial charge is 0.121 e. The van der Waals surface area contributed by atoms with Crippen LogP contribution in [0.25, 0.3) is 16.7 Å². The lowest BCUT2D eigenvalue weighted by atomic mass is 10.1. The van der Waals surface area contributed by atoms with Gasteiger partial charge in [0.2, 0.25) is 0 Å². The first kappa shape index (κ1) is 14.6. The fourth-order valence-electron chi connectivity index (χ4n) is 2.74. The highest BCUT2D eigenvalue weighted by Gasteiger charge is 2.12. The Hall–Kier alpha value is -2.33. The molecule has 0 bridgehead atoms. The Morgan fingerprint density at radius 3 is 2.55 bits per heavy atom. The molecule has 0 radical (unpaired) electrons. The number of ether oxygens (including phenoxy) is 1. The van der Waals surface area contributed by atoms with E-state index in [4.69, 9.17) is 15.5 Å². The third-order valence-electron chi connectivity index (χ3n) is 3.87. The van der Waals surface area contributed by atoms with E-state index in [1.807, 2.05) is 18.2 Å². The van der Waals surface area contributed by atoms with E-state index >= 15 is 0 Å². The van der Waals surface area contributed by atoms with Crippen LogP contribution in [-0.2, 0) is 12.8 Å². The number of hydrogen-bond donors (Lipinski definition) is 1. The van der Waals surface area contributed by atoms with E-state index in [0.717, 1.165) is 41.1 Å². The second-order valence-electron chi connectivity index (χ2n) is 5.28. The van der Waals surface area contributed by atoms with Gasteiger partial charge in [-0.05, 0) is 42.8 Å². The van der Waals surface area contributed by atoms with Gasteiger partial charge >= 0.3 is 0 Å². The molecule has 114 valence electrons. The average Bonchev–Trinajstić information content (AvgIpc) is 2.93. The summed E-state index contributed by atoms with van der Waals surface area (Å²) in [5.74, 6) is 1.89. The van der Waals surface area contributed by atoms with Crippen molar-refractivity contribution in [3.63, 3.8) is 0 Å². The number of aryl methyl sites for hydroxylation is 1. The first-order chi connectivity index (χ1) is 10.8. The van der Waals surface area contributed by atoms with E-state index in [9.17, 15) is 0 Å². The molecule has 0 aliphatic heterocycles. The molecule has 4 heteroatoms. The molecule has 3 aromatic rings. The Balaban J connectivity index is 2.14. The van der Waals surface area contributed by atoms with Gasteiger partial charge in [-0.25, -0.2) is 4.98 Å². The van der Waals surface area contributed by atoms with Crippen LogP contribution >= 0.6 is 0 Å². The molecule has 4 nitrogen and oxygen atoms in total. The highest BCUT2D eigenvalue weighted by molar-refractivity contribution is 5.80. The van der Waals surface area contributed by atoms with Crippen molar-refractivity contribution in [2.45, 2.75) is 19.8 Å². The van der Waals surface area contributed by atoms with Gasteiger partial charge in [0, 0.05) is 18.2 Å². The van der Waals surface area contributed by atoms with Crippen molar-refractivity contribution in [1.29, 1.82) is 0 Å². The van der Waals surface area contributed by atoms with Crippen LogP contribution < -0.4 is 10.5 Å². The SMILES string of the molecule is CCc1nc2ccc(OC)cc2n1-c1ccc(CCN)cc1.